The predicted octanol–water partition coefficient (Wildman–Crippen LogP) is 4.89. The lowest BCUT2D eigenvalue weighted by molar-refractivity contribution is 0.0883. The number of sulfone groups is 1. The summed E-state index contributed by atoms with van der Waals surface area (Å²) in [6.07, 6.45) is 10.1. The summed E-state index contributed by atoms with van der Waals surface area (Å²) in [5.74, 6) is -0.0407. The molecule has 4 aromatic heterocycles. The summed E-state index contributed by atoms with van der Waals surface area (Å²) in [6.45, 7) is 16.0. The van der Waals surface area contributed by atoms with Crippen molar-refractivity contribution in [3.05, 3.63) is 46.2 Å². The second-order valence-corrected chi connectivity index (χ2v) is 24.7. The fourth-order valence-electron chi connectivity index (χ4n) is 5.14. The molecular weight excluding hydrogens is 756 g/mol. The largest absolute Gasteiger partial charge is 0.396 e. The highest BCUT2D eigenvalue weighted by molar-refractivity contribution is 9.10. The van der Waals surface area contributed by atoms with Gasteiger partial charge in [0.2, 0.25) is 0 Å². The molecule has 1 aliphatic carbocycles. The number of nitrogens with zero attached hydrogens (tertiary/aromatic N) is 5. The van der Waals surface area contributed by atoms with E-state index in [1.165, 1.54) is 6.26 Å². The van der Waals surface area contributed by atoms with Gasteiger partial charge in [-0.1, -0.05) is 47.3 Å². The van der Waals surface area contributed by atoms with Gasteiger partial charge < -0.3 is 30.0 Å². The second kappa shape index (κ2) is 16.2. The Morgan fingerprint density at radius 1 is 1.02 bits per heavy atom. The van der Waals surface area contributed by atoms with Crippen LogP contribution in [0.1, 0.15) is 72.9 Å². The number of H-pyrrole nitrogens is 1. The Morgan fingerprint density at radius 3 is 2.27 bits per heavy atom. The van der Waals surface area contributed by atoms with Crippen LogP contribution in [0, 0.1) is 10.8 Å². The van der Waals surface area contributed by atoms with E-state index in [0.717, 1.165) is 24.6 Å². The third-order valence-corrected chi connectivity index (χ3v) is 11.6. The van der Waals surface area contributed by atoms with Crippen molar-refractivity contribution < 1.29 is 27.9 Å². The van der Waals surface area contributed by atoms with Gasteiger partial charge in [-0.05, 0) is 40.2 Å². The molecule has 17 heteroatoms. The van der Waals surface area contributed by atoms with Gasteiger partial charge in [0.1, 0.15) is 32.2 Å². The first kappa shape index (κ1) is 40.5. The molecule has 0 radical (unpaired) electrons. The van der Waals surface area contributed by atoms with Gasteiger partial charge in [-0.25, -0.2) is 28.4 Å². The molecule has 0 bridgehead atoms. The van der Waals surface area contributed by atoms with Crippen LogP contribution in [0.4, 0.5) is 0 Å². The molecule has 0 aromatic carbocycles. The maximum absolute atomic E-state index is 12.7. The van der Waals surface area contributed by atoms with Crippen LogP contribution in [-0.2, 0) is 21.3 Å². The summed E-state index contributed by atoms with van der Waals surface area (Å²) in [5.41, 5.74) is 3.17. The SMILES string of the molecule is CC(C)(CNC(=O)c1c[nH]c2ncc(C3CC3)nc12)CS(C)(=O)=O.CC(C)(CO)CNC(=O)c1cn(COCC[Si](C)(C)C)c2ncc(Br)nc12. The van der Waals surface area contributed by atoms with Crippen molar-refractivity contribution in [3.63, 3.8) is 0 Å². The lowest BCUT2D eigenvalue weighted by Gasteiger charge is -2.23. The summed E-state index contributed by atoms with van der Waals surface area (Å²) >= 11 is 3.32. The first-order valence-corrected chi connectivity index (χ1v) is 23.5. The predicted molar refractivity (Wildman–Crippen MR) is 204 cm³/mol. The lowest BCUT2D eigenvalue weighted by atomic mass is 9.95. The monoisotopic (exact) mass is 806 g/mol. The van der Waals surface area contributed by atoms with E-state index in [-0.39, 0.29) is 36.1 Å². The van der Waals surface area contributed by atoms with Crippen LogP contribution in [0.15, 0.2) is 29.4 Å². The maximum atomic E-state index is 12.7. The van der Waals surface area contributed by atoms with Crippen LogP contribution >= 0.6 is 15.9 Å². The van der Waals surface area contributed by atoms with Crippen molar-refractivity contribution in [1.29, 1.82) is 0 Å². The van der Waals surface area contributed by atoms with Gasteiger partial charge in [0.15, 0.2) is 11.3 Å². The van der Waals surface area contributed by atoms with Crippen molar-refractivity contribution >= 4 is 68.0 Å². The number of rotatable bonds is 15. The van der Waals surface area contributed by atoms with Gasteiger partial charge in [0.25, 0.3) is 11.8 Å². The topological polar surface area (TPSA) is 194 Å². The number of aliphatic hydroxyl groups is 1. The molecule has 0 spiro atoms. The number of aromatic amines is 1. The van der Waals surface area contributed by atoms with E-state index in [0.29, 0.717) is 63.9 Å². The van der Waals surface area contributed by atoms with Crippen LogP contribution in [0.2, 0.25) is 25.7 Å². The quantitative estimate of drug-likeness (QED) is 0.0950. The number of fused-ring (bicyclic) bond motifs is 2. The Morgan fingerprint density at radius 2 is 1.67 bits per heavy atom. The molecule has 0 aliphatic heterocycles. The lowest BCUT2D eigenvalue weighted by Crippen LogP contribution is -2.38. The molecule has 0 atom stereocenters. The normalized spacial score (nSPS) is 14.0. The average Bonchev–Trinajstić information content (AvgIpc) is 3.70. The second-order valence-electron chi connectivity index (χ2n) is 16.1. The number of amides is 2. The summed E-state index contributed by atoms with van der Waals surface area (Å²) < 4.78 is 31.1. The Bertz CT molecular complexity index is 1970. The van der Waals surface area contributed by atoms with Gasteiger partial charge in [-0.2, -0.15) is 0 Å². The smallest absolute Gasteiger partial charge is 0.255 e. The third-order valence-electron chi connectivity index (χ3n) is 8.18. The number of hydrogen-bond donors (Lipinski definition) is 4. The number of nitrogens with one attached hydrogen (secondary N) is 3. The highest BCUT2D eigenvalue weighted by Gasteiger charge is 2.28. The minimum Gasteiger partial charge on any atom is -0.396 e. The molecule has 0 unspecified atom stereocenters. The van der Waals surface area contributed by atoms with E-state index in [9.17, 15) is 23.1 Å². The maximum Gasteiger partial charge on any atom is 0.255 e. The number of aliphatic hydroxyl groups excluding tert-OH is 1. The molecule has 5 rings (SSSR count). The van der Waals surface area contributed by atoms with Gasteiger partial charge in [0, 0.05) is 64.4 Å². The number of aromatic nitrogens is 6. The van der Waals surface area contributed by atoms with Gasteiger partial charge in [-0.15, -0.1) is 0 Å². The molecule has 1 saturated carbocycles. The van der Waals surface area contributed by atoms with E-state index >= 15 is 0 Å². The molecule has 280 valence electrons. The fourth-order valence-corrected chi connectivity index (χ4v) is 7.69. The number of carbonyl (C=O) groups is 2. The van der Waals surface area contributed by atoms with E-state index in [1.54, 1.807) is 24.8 Å². The van der Waals surface area contributed by atoms with Crippen LogP contribution in [0.5, 0.6) is 0 Å². The zero-order chi connectivity index (χ0) is 37.8. The molecule has 14 nitrogen and oxygen atoms in total. The highest BCUT2D eigenvalue weighted by atomic mass is 79.9. The molecule has 1 aliphatic rings. The van der Waals surface area contributed by atoms with Crippen molar-refractivity contribution in [2.45, 2.75) is 78.9 Å². The molecular formula is C34H51BrN8O6SSi. The summed E-state index contributed by atoms with van der Waals surface area (Å²) in [4.78, 5) is 45.8. The van der Waals surface area contributed by atoms with Crippen molar-refractivity contribution in [2.24, 2.45) is 10.8 Å². The first-order valence-electron chi connectivity index (χ1n) is 17.0. The van der Waals surface area contributed by atoms with Gasteiger partial charge in [-0.3, -0.25) is 9.59 Å². The van der Waals surface area contributed by atoms with E-state index in [2.05, 4.69) is 71.1 Å². The van der Waals surface area contributed by atoms with Gasteiger partial charge >= 0.3 is 0 Å². The van der Waals surface area contributed by atoms with Crippen LogP contribution in [0.25, 0.3) is 22.3 Å². The zero-order valence-electron chi connectivity index (χ0n) is 30.8. The summed E-state index contributed by atoms with van der Waals surface area (Å²) in [6, 6.07) is 1.08. The molecule has 4 heterocycles. The molecule has 0 saturated heterocycles. The summed E-state index contributed by atoms with van der Waals surface area (Å²) in [5, 5.41) is 15.1. The van der Waals surface area contributed by atoms with Crippen LogP contribution < -0.4 is 10.6 Å². The number of halogens is 1. The van der Waals surface area contributed by atoms with Crippen LogP contribution in [0.3, 0.4) is 0 Å². The zero-order valence-corrected chi connectivity index (χ0v) is 34.2. The molecule has 4 N–H and O–H groups in total. The van der Waals surface area contributed by atoms with Crippen molar-refractivity contribution in [2.75, 3.05) is 38.3 Å². The third kappa shape index (κ3) is 12.2. The number of ether oxygens (including phenoxy) is 1. The minimum absolute atomic E-state index is 0.00861. The minimum atomic E-state index is -3.11. The fraction of sp³-hybridized carbons (Fsp3) is 0.588. The molecule has 1 fully saturated rings. The molecule has 2 amide bonds. The van der Waals surface area contributed by atoms with Gasteiger partial charge in [0.05, 0.1) is 35.0 Å². The first-order chi connectivity index (χ1) is 23.7. The van der Waals surface area contributed by atoms with E-state index in [1.807, 2.05) is 32.3 Å². The van der Waals surface area contributed by atoms with Crippen LogP contribution in [-0.4, -0.2) is 101 Å². The Labute approximate surface area is 309 Å². The van der Waals surface area contributed by atoms with Crippen molar-refractivity contribution in [3.8, 4) is 0 Å². The number of carbonyl (C=O) groups excluding carboxylic acids is 2. The standard InChI is InChI=1S/C18H29BrN4O3Si.C16H22N4O3S/c1-18(2,11-24)10-21-17(25)13-9-23(12-26-6-7-27(3,4)5)16-15(13)22-14(19)8-20-16;1-16(2,9-24(3,22)23)8-19-15(21)11-6-17-14-13(11)20-12(7-18-14)10-4-5-10/h8-9,24H,6-7,10-12H2,1-5H3,(H,21,25);6-7,10H,4-5,8-9H2,1-3H3,(H,17,18)(H,19,21). The van der Waals surface area contributed by atoms with E-state index in [4.69, 9.17) is 4.74 Å². The van der Waals surface area contributed by atoms with Crippen molar-refractivity contribution in [1.82, 2.24) is 40.1 Å². The summed E-state index contributed by atoms with van der Waals surface area (Å²) in [7, 11) is -4.26. The highest BCUT2D eigenvalue weighted by Crippen LogP contribution is 2.39. The average molecular weight is 808 g/mol. The van der Waals surface area contributed by atoms with E-state index < -0.39 is 23.3 Å². The number of hydrogen-bond acceptors (Lipinski definition) is 10. The Balaban J connectivity index is 0.000000230. The Hall–Kier alpha value is -3.25. The molecule has 51 heavy (non-hydrogen) atoms. The molecule has 4 aromatic rings. The Kier molecular flexibility index (Phi) is 12.9.